The molecule has 1 aliphatic heterocycles. The third kappa shape index (κ3) is 5.53. The van der Waals surface area contributed by atoms with E-state index in [2.05, 4.69) is 0 Å². The molecule has 1 atom stereocenters. The molecule has 0 N–H and O–H groups in total. The van der Waals surface area contributed by atoms with E-state index in [9.17, 15) is 19.2 Å². The lowest BCUT2D eigenvalue weighted by atomic mass is 10.1. The molecular formula is C14H21NO6. The van der Waals surface area contributed by atoms with Gasteiger partial charge in [-0.1, -0.05) is 6.92 Å². The summed E-state index contributed by atoms with van der Waals surface area (Å²) in [5.74, 6) is -2.62. The van der Waals surface area contributed by atoms with Crippen molar-refractivity contribution < 1.29 is 28.8 Å². The second-order valence-corrected chi connectivity index (χ2v) is 6.02. The van der Waals surface area contributed by atoms with Gasteiger partial charge in [0.2, 0.25) is 0 Å². The quantitative estimate of drug-likeness (QED) is 0.562. The Morgan fingerprint density at radius 3 is 2.19 bits per heavy atom. The van der Waals surface area contributed by atoms with Gasteiger partial charge in [0.25, 0.3) is 11.8 Å². The first-order chi connectivity index (χ1) is 9.60. The maximum atomic E-state index is 11.7. The highest BCUT2D eigenvalue weighted by molar-refractivity contribution is 6.01. The molecule has 1 rings (SSSR count). The number of amides is 2. The molecule has 21 heavy (non-hydrogen) atoms. The minimum atomic E-state index is -0.714. The van der Waals surface area contributed by atoms with Crippen LogP contribution < -0.4 is 0 Å². The van der Waals surface area contributed by atoms with Crippen molar-refractivity contribution in [1.82, 2.24) is 5.06 Å². The molecule has 0 aliphatic carbocycles. The van der Waals surface area contributed by atoms with Gasteiger partial charge in [0, 0.05) is 19.3 Å². The molecular weight excluding hydrogens is 278 g/mol. The Labute approximate surface area is 123 Å². The average Bonchev–Trinajstić information content (AvgIpc) is 2.65. The SMILES string of the molecule is C[C@@H](CCC(=O)ON1C(=O)CCC1=O)C(=O)OC(C)(C)C. The van der Waals surface area contributed by atoms with Gasteiger partial charge in [-0.25, -0.2) is 4.79 Å². The molecule has 0 aromatic carbocycles. The van der Waals surface area contributed by atoms with Crippen LogP contribution in [0.25, 0.3) is 0 Å². The molecule has 0 spiro atoms. The lowest BCUT2D eigenvalue weighted by Gasteiger charge is -2.22. The smallest absolute Gasteiger partial charge is 0.333 e. The number of hydroxylamine groups is 2. The largest absolute Gasteiger partial charge is 0.460 e. The van der Waals surface area contributed by atoms with E-state index in [-0.39, 0.29) is 25.7 Å². The van der Waals surface area contributed by atoms with Crippen molar-refractivity contribution >= 4 is 23.8 Å². The summed E-state index contributed by atoms with van der Waals surface area (Å²) in [4.78, 5) is 50.6. The normalized spacial score (nSPS) is 16.9. The van der Waals surface area contributed by atoms with Crippen LogP contribution in [0.2, 0.25) is 0 Å². The van der Waals surface area contributed by atoms with Crippen LogP contribution in [0.4, 0.5) is 0 Å². The van der Waals surface area contributed by atoms with Gasteiger partial charge in [0.05, 0.1) is 5.92 Å². The summed E-state index contributed by atoms with van der Waals surface area (Å²) in [6.45, 7) is 6.93. The first-order valence-corrected chi connectivity index (χ1v) is 6.89. The van der Waals surface area contributed by atoms with Crippen LogP contribution in [-0.2, 0) is 28.8 Å². The number of esters is 1. The zero-order chi connectivity index (χ0) is 16.2. The topological polar surface area (TPSA) is 90.0 Å². The average molecular weight is 299 g/mol. The Kier molecular flexibility index (Phi) is 5.46. The third-order valence-corrected chi connectivity index (χ3v) is 2.79. The number of carbonyl (C=O) groups excluding carboxylic acids is 4. The summed E-state index contributed by atoms with van der Waals surface area (Å²) in [5, 5.41) is 0.500. The molecule has 118 valence electrons. The molecule has 1 fully saturated rings. The fourth-order valence-electron chi connectivity index (χ4n) is 1.66. The van der Waals surface area contributed by atoms with Crippen molar-refractivity contribution in [3.63, 3.8) is 0 Å². The monoisotopic (exact) mass is 299 g/mol. The van der Waals surface area contributed by atoms with Gasteiger partial charge in [0.15, 0.2) is 0 Å². The lowest BCUT2D eigenvalue weighted by molar-refractivity contribution is -0.197. The Hall–Kier alpha value is -1.92. The van der Waals surface area contributed by atoms with Crippen LogP contribution in [0.3, 0.4) is 0 Å². The van der Waals surface area contributed by atoms with E-state index in [1.54, 1.807) is 27.7 Å². The Balaban J connectivity index is 2.37. The van der Waals surface area contributed by atoms with E-state index in [4.69, 9.17) is 9.57 Å². The van der Waals surface area contributed by atoms with Crippen LogP contribution in [0, 0.1) is 5.92 Å². The highest BCUT2D eigenvalue weighted by Crippen LogP contribution is 2.16. The van der Waals surface area contributed by atoms with Gasteiger partial charge >= 0.3 is 11.9 Å². The van der Waals surface area contributed by atoms with Gasteiger partial charge < -0.3 is 9.57 Å². The van der Waals surface area contributed by atoms with Crippen LogP contribution in [0.15, 0.2) is 0 Å². The predicted octanol–water partition coefficient (Wildman–Crippen LogP) is 1.35. The molecule has 0 saturated carbocycles. The van der Waals surface area contributed by atoms with Gasteiger partial charge in [-0.3, -0.25) is 14.4 Å². The number of imide groups is 1. The number of nitrogens with zero attached hydrogens (tertiary/aromatic N) is 1. The van der Waals surface area contributed by atoms with E-state index in [0.717, 1.165) is 0 Å². The Morgan fingerprint density at radius 1 is 1.19 bits per heavy atom. The van der Waals surface area contributed by atoms with E-state index in [1.165, 1.54) is 0 Å². The molecule has 7 heteroatoms. The number of hydrogen-bond acceptors (Lipinski definition) is 6. The van der Waals surface area contributed by atoms with Crippen molar-refractivity contribution in [2.75, 3.05) is 0 Å². The predicted molar refractivity (Wildman–Crippen MR) is 71.4 cm³/mol. The van der Waals surface area contributed by atoms with Crippen LogP contribution >= 0.6 is 0 Å². The lowest BCUT2D eigenvalue weighted by Crippen LogP contribution is -2.32. The fourth-order valence-corrected chi connectivity index (χ4v) is 1.66. The van der Waals surface area contributed by atoms with E-state index in [1.807, 2.05) is 0 Å². The second kappa shape index (κ2) is 6.69. The minimum absolute atomic E-state index is 0.0560. The van der Waals surface area contributed by atoms with Crippen molar-refractivity contribution in [2.45, 2.75) is 59.0 Å². The molecule has 1 saturated heterocycles. The van der Waals surface area contributed by atoms with Crippen LogP contribution in [-0.4, -0.2) is 34.4 Å². The maximum Gasteiger partial charge on any atom is 0.333 e. The highest BCUT2D eigenvalue weighted by atomic mass is 16.7. The minimum Gasteiger partial charge on any atom is -0.460 e. The van der Waals surface area contributed by atoms with E-state index in [0.29, 0.717) is 5.06 Å². The van der Waals surface area contributed by atoms with Crippen molar-refractivity contribution in [1.29, 1.82) is 0 Å². The van der Waals surface area contributed by atoms with Gasteiger partial charge in [0.1, 0.15) is 5.60 Å². The Morgan fingerprint density at radius 2 is 1.71 bits per heavy atom. The highest BCUT2D eigenvalue weighted by Gasteiger charge is 2.33. The Bertz CT molecular complexity index is 435. The summed E-state index contributed by atoms with van der Waals surface area (Å²) in [6.07, 6.45) is 0.266. The summed E-state index contributed by atoms with van der Waals surface area (Å²) in [6, 6.07) is 0. The summed E-state index contributed by atoms with van der Waals surface area (Å²) in [7, 11) is 0. The molecule has 0 aromatic heterocycles. The molecule has 0 bridgehead atoms. The summed E-state index contributed by atoms with van der Waals surface area (Å²) >= 11 is 0. The van der Waals surface area contributed by atoms with E-state index < -0.39 is 35.3 Å². The van der Waals surface area contributed by atoms with Crippen molar-refractivity contribution in [3.8, 4) is 0 Å². The van der Waals surface area contributed by atoms with Gasteiger partial charge in [-0.2, -0.15) is 0 Å². The molecule has 2 amide bonds. The number of hydrogen-bond donors (Lipinski definition) is 0. The first kappa shape index (κ1) is 17.1. The molecule has 1 heterocycles. The second-order valence-electron chi connectivity index (χ2n) is 6.02. The zero-order valence-corrected chi connectivity index (χ0v) is 12.8. The molecule has 0 radical (unpaired) electrons. The fraction of sp³-hybridized carbons (Fsp3) is 0.714. The molecule has 0 aromatic rings. The first-order valence-electron chi connectivity index (χ1n) is 6.89. The van der Waals surface area contributed by atoms with Gasteiger partial charge in [-0.05, 0) is 27.2 Å². The third-order valence-electron chi connectivity index (χ3n) is 2.79. The number of rotatable bonds is 5. The standard InChI is InChI=1S/C14H21NO6/c1-9(13(19)20-14(2,3)4)5-8-12(18)21-15-10(16)6-7-11(15)17/h9H,5-8H2,1-4H3/t9-/m0/s1. The molecule has 1 aliphatic rings. The number of carbonyl (C=O) groups is 4. The molecule has 7 nitrogen and oxygen atoms in total. The van der Waals surface area contributed by atoms with Crippen LogP contribution in [0.1, 0.15) is 53.4 Å². The summed E-state index contributed by atoms with van der Waals surface area (Å²) < 4.78 is 5.19. The maximum absolute atomic E-state index is 11.7. The zero-order valence-electron chi connectivity index (χ0n) is 12.8. The van der Waals surface area contributed by atoms with E-state index >= 15 is 0 Å². The molecule has 0 unspecified atom stereocenters. The summed E-state index contributed by atoms with van der Waals surface area (Å²) in [5.41, 5.74) is -0.583. The van der Waals surface area contributed by atoms with Gasteiger partial charge in [-0.15, -0.1) is 5.06 Å². The van der Waals surface area contributed by atoms with Crippen LogP contribution in [0.5, 0.6) is 0 Å². The number of ether oxygens (including phenoxy) is 1. The van der Waals surface area contributed by atoms with Crippen molar-refractivity contribution in [3.05, 3.63) is 0 Å². The van der Waals surface area contributed by atoms with Crippen molar-refractivity contribution in [2.24, 2.45) is 5.92 Å².